The Morgan fingerprint density at radius 1 is 1.00 bits per heavy atom. The van der Waals surface area contributed by atoms with E-state index in [2.05, 4.69) is 57.5 Å². The van der Waals surface area contributed by atoms with Gasteiger partial charge in [-0.05, 0) is 65.1 Å². The van der Waals surface area contributed by atoms with Gasteiger partial charge in [0.15, 0.2) is 8.32 Å². The van der Waals surface area contributed by atoms with Gasteiger partial charge in [-0.3, -0.25) is 0 Å². The maximum absolute atomic E-state index is 6.53. The number of allylic oxidation sites excluding steroid dienone is 4. The van der Waals surface area contributed by atoms with Crippen LogP contribution in [0.15, 0.2) is 23.8 Å². The Balaban J connectivity index is 2.52. The maximum atomic E-state index is 6.53. The molecule has 0 aromatic carbocycles. The van der Waals surface area contributed by atoms with Crippen LogP contribution >= 0.6 is 0 Å². The fraction of sp³-hybridized carbons (Fsp3) is 0.733. The highest BCUT2D eigenvalue weighted by Gasteiger charge is 2.40. The Morgan fingerprint density at radius 3 is 2.19 bits per heavy atom. The smallest absolute Gasteiger partial charge is 0.322 e. The lowest BCUT2D eigenvalue weighted by Gasteiger charge is -2.38. The van der Waals surface area contributed by atoms with Crippen LogP contribution in [-0.2, 0) is 12.7 Å². The fourth-order valence-corrected chi connectivity index (χ4v) is 15.7. The van der Waals surface area contributed by atoms with Crippen LogP contribution in [0.5, 0.6) is 0 Å². The van der Waals surface area contributed by atoms with E-state index in [1.165, 1.54) is 5.57 Å². The fourth-order valence-electron chi connectivity index (χ4n) is 2.84. The van der Waals surface area contributed by atoms with Gasteiger partial charge in [0.05, 0.1) is 0 Å². The van der Waals surface area contributed by atoms with Gasteiger partial charge in [0.2, 0.25) is 0 Å². The minimum absolute atomic E-state index is 0.713. The molecule has 0 unspecified atom stereocenters. The van der Waals surface area contributed by atoms with Crippen LogP contribution in [0.3, 0.4) is 0 Å². The predicted molar refractivity (Wildman–Crippen MR) is 97.5 cm³/mol. The second-order valence-corrected chi connectivity index (χ2v) is 18.7. The van der Waals surface area contributed by atoms with Crippen LogP contribution in [0, 0.1) is 0 Å². The summed E-state index contributed by atoms with van der Waals surface area (Å²) in [5, 5.41) is 0. The lowest BCUT2D eigenvalue weighted by atomic mass is 10.2. The van der Waals surface area contributed by atoms with Crippen molar-refractivity contribution >= 4 is 25.4 Å². The molecule has 0 radical (unpaired) electrons. The van der Waals surface area contributed by atoms with Gasteiger partial charge in [0, 0.05) is 6.61 Å². The van der Waals surface area contributed by atoms with E-state index < -0.39 is 25.4 Å². The third-order valence-corrected chi connectivity index (χ3v) is 13.9. The quantitative estimate of drug-likeness (QED) is 0.554. The van der Waals surface area contributed by atoms with Crippen molar-refractivity contribution in [1.29, 1.82) is 0 Å². The first-order valence-electron chi connectivity index (χ1n) is 7.95. The van der Waals surface area contributed by atoms with Gasteiger partial charge in [0.1, 0.15) is 0 Å². The second kappa shape index (κ2) is 7.52. The molecule has 0 saturated carbocycles. The second-order valence-electron chi connectivity index (χ2n) is 7.11. The SMILES string of the molecule is CCO[Si](C)(C)O[Si](C)(C)O[Si](C)(C)CCC1=CCC=C1. The molecule has 0 bridgehead atoms. The van der Waals surface area contributed by atoms with Gasteiger partial charge < -0.3 is 12.7 Å². The lowest BCUT2D eigenvalue weighted by molar-refractivity contribution is 0.242. The van der Waals surface area contributed by atoms with Crippen molar-refractivity contribution in [3.05, 3.63) is 23.8 Å². The summed E-state index contributed by atoms with van der Waals surface area (Å²) in [5.74, 6) is 0. The summed E-state index contributed by atoms with van der Waals surface area (Å²) in [7, 11) is -5.88. The van der Waals surface area contributed by atoms with Crippen molar-refractivity contribution in [1.82, 2.24) is 0 Å². The third-order valence-electron chi connectivity index (χ3n) is 3.37. The molecule has 21 heavy (non-hydrogen) atoms. The Bertz CT molecular complexity index is 401. The first kappa shape index (κ1) is 19.1. The largest absolute Gasteiger partial charge is 0.436 e. The van der Waals surface area contributed by atoms with E-state index in [-0.39, 0.29) is 0 Å². The third kappa shape index (κ3) is 7.71. The first-order valence-corrected chi connectivity index (χ1v) is 16.7. The molecule has 1 rings (SSSR count). The molecule has 122 valence electrons. The molecule has 6 heteroatoms. The summed E-state index contributed by atoms with van der Waals surface area (Å²) in [5.41, 5.74) is 1.46. The molecule has 0 fully saturated rings. The van der Waals surface area contributed by atoms with Crippen molar-refractivity contribution in [3.8, 4) is 0 Å². The summed E-state index contributed by atoms with van der Waals surface area (Å²) >= 11 is 0. The topological polar surface area (TPSA) is 27.7 Å². The molecule has 0 aliphatic heterocycles. The van der Waals surface area contributed by atoms with E-state index in [0.29, 0.717) is 6.61 Å². The average Bonchev–Trinajstić information content (AvgIpc) is 2.75. The van der Waals surface area contributed by atoms with E-state index in [1.807, 2.05) is 6.92 Å². The highest BCUT2D eigenvalue weighted by molar-refractivity contribution is 6.86. The molecular weight excluding hydrogens is 312 g/mol. The lowest BCUT2D eigenvalue weighted by Crippen LogP contribution is -2.53. The summed E-state index contributed by atoms with van der Waals surface area (Å²) in [6.07, 6.45) is 9.01. The molecule has 0 atom stereocenters. The van der Waals surface area contributed by atoms with Crippen molar-refractivity contribution in [2.45, 2.75) is 65.1 Å². The van der Waals surface area contributed by atoms with Crippen LogP contribution in [0.25, 0.3) is 0 Å². The van der Waals surface area contributed by atoms with Crippen LogP contribution in [0.1, 0.15) is 19.8 Å². The van der Waals surface area contributed by atoms with E-state index in [0.717, 1.165) is 18.9 Å². The molecule has 0 aromatic rings. The summed E-state index contributed by atoms with van der Waals surface area (Å²) in [6.45, 7) is 15.9. The van der Waals surface area contributed by atoms with Crippen LogP contribution < -0.4 is 0 Å². The van der Waals surface area contributed by atoms with Crippen molar-refractivity contribution in [3.63, 3.8) is 0 Å². The molecule has 0 N–H and O–H groups in total. The summed E-state index contributed by atoms with van der Waals surface area (Å²) in [4.78, 5) is 0. The van der Waals surface area contributed by atoms with Gasteiger partial charge in [-0.15, -0.1) is 0 Å². The Hall–Kier alpha value is 0.0106. The Labute approximate surface area is 134 Å². The van der Waals surface area contributed by atoms with Crippen LogP contribution in [0.4, 0.5) is 0 Å². The summed E-state index contributed by atoms with van der Waals surface area (Å²) in [6, 6.07) is 1.15. The monoisotopic (exact) mass is 344 g/mol. The zero-order valence-electron chi connectivity index (χ0n) is 14.8. The minimum atomic E-state index is -2.13. The minimum Gasteiger partial charge on any atom is -0.436 e. The van der Waals surface area contributed by atoms with E-state index in [9.17, 15) is 0 Å². The first-order chi connectivity index (χ1) is 9.55. The van der Waals surface area contributed by atoms with Gasteiger partial charge in [-0.1, -0.05) is 23.8 Å². The van der Waals surface area contributed by atoms with Crippen molar-refractivity contribution in [2.75, 3.05) is 6.61 Å². The van der Waals surface area contributed by atoms with Gasteiger partial charge in [-0.2, -0.15) is 0 Å². The van der Waals surface area contributed by atoms with E-state index >= 15 is 0 Å². The van der Waals surface area contributed by atoms with Crippen molar-refractivity contribution < 1.29 is 12.7 Å². The van der Waals surface area contributed by atoms with Gasteiger partial charge >= 0.3 is 17.1 Å². The molecule has 0 heterocycles. The Kier molecular flexibility index (Phi) is 6.82. The zero-order chi connectivity index (χ0) is 16.1. The highest BCUT2D eigenvalue weighted by atomic mass is 28.5. The predicted octanol–water partition coefficient (Wildman–Crippen LogP) is 4.94. The van der Waals surface area contributed by atoms with Gasteiger partial charge in [0.25, 0.3) is 0 Å². The molecule has 0 amide bonds. The maximum Gasteiger partial charge on any atom is 0.322 e. The Morgan fingerprint density at radius 2 is 1.67 bits per heavy atom. The zero-order valence-corrected chi connectivity index (χ0v) is 17.8. The van der Waals surface area contributed by atoms with Gasteiger partial charge in [-0.25, -0.2) is 0 Å². The van der Waals surface area contributed by atoms with Crippen LogP contribution in [-0.4, -0.2) is 32.0 Å². The molecule has 1 aliphatic carbocycles. The molecular formula is C15H32O3Si3. The molecule has 1 aliphatic rings. The van der Waals surface area contributed by atoms with E-state index in [4.69, 9.17) is 12.7 Å². The normalized spacial score (nSPS) is 16.4. The average molecular weight is 345 g/mol. The van der Waals surface area contributed by atoms with Crippen molar-refractivity contribution in [2.24, 2.45) is 0 Å². The van der Waals surface area contributed by atoms with Crippen LogP contribution in [0.2, 0.25) is 45.3 Å². The molecule has 0 aromatic heterocycles. The highest BCUT2D eigenvalue weighted by Crippen LogP contribution is 2.26. The molecule has 3 nitrogen and oxygen atoms in total. The number of rotatable bonds is 9. The standard InChI is InChI=1S/C15H32O3Si3/c1-8-16-20(4,5)18-21(6,7)17-19(2,3)14-13-15-11-9-10-12-15/h9,11-12H,8,10,13-14H2,1-7H3. The molecule has 0 saturated heterocycles. The summed E-state index contributed by atoms with van der Waals surface area (Å²) < 4.78 is 18.6. The number of hydrogen-bond donors (Lipinski definition) is 0. The number of hydrogen-bond acceptors (Lipinski definition) is 3. The van der Waals surface area contributed by atoms with E-state index in [1.54, 1.807) is 0 Å². The molecule has 0 spiro atoms.